The molecule has 2 heterocycles. The van der Waals surface area contributed by atoms with Crippen LogP contribution in [0.4, 0.5) is 0 Å². The molecule has 0 unspecified atom stereocenters. The standard InChI is InChI=1S/C14H20N4S/c1-9(2)15-8-7-13-17-18-14(19-13)12-6-5-10(3)16-11(12)4/h5-6,9,15H,7-8H2,1-4H3. The highest BCUT2D eigenvalue weighted by Crippen LogP contribution is 2.25. The summed E-state index contributed by atoms with van der Waals surface area (Å²) in [6, 6.07) is 4.61. The Bertz CT molecular complexity index is 548. The molecule has 2 aromatic heterocycles. The van der Waals surface area contributed by atoms with E-state index in [0.717, 1.165) is 39.9 Å². The molecule has 4 nitrogen and oxygen atoms in total. The molecule has 0 spiro atoms. The molecule has 0 aliphatic rings. The number of rotatable bonds is 5. The van der Waals surface area contributed by atoms with E-state index in [1.54, 1.807) is 11.3 Å². The smallest absolute Gasteiger partial charge is 0.149 e. The molecule has 0 amide bonds. The van der Waals surface area contributed by atoms with Crippen LogP contribution in [-0.4, -0.2) is 27.8 Å². The summed E-state index contributed by atoms with van der Waals surface area (Å²) in [5, 5.41) is 14.0. The number of hydrogen-bond acceptors (Lipinski definition) is 5. The average Bonchev–Trinajstić information content (AvgIpc) is 2.77. The zero-order chi connectivity index (χ0) is 13.8. The van der Waals surface area contributed by atoms with Gasteiger partial charge in [-0.2, -0.15) is 0 Å². The molecule has 19 heavy (non-hydrogen) atoms. The predicted octanol–water partition coefficient (Wildman–Crippen LogP) is 2.76. The van der Waals surface area contributed by atoms with E-state index >= 15 is 0 Å². The van der Waals surface area contributed by atoms with Gasteiger partial charge in [0, 0.05) is 36.0 Å². The first-order chi connectivity index (χ1) is 9.06. The van der Waals surface area contributed by atoms with Crippen molar-refractivity contribution in [2.75, 3.05) is 6.54 Å². The van der Waals surface area contributed by atoms with Gasteiger partial charge < -0.3 is 5.32 Å². The second-order valence-corrected chi connectivity index (χ2v) is 6.01. The molecular formula is C14H20N4S. The Labute approximate surface area is 118 Å². The highest BCUT2D eigenvalue weighted by molar-refractivity contribution is 7.14. The van der Waals surface area contributed by atoms with Crippen LogP contribution in [0.2, 0.25) is 0 Å². The zero-order valence-electron chi connectivity index (χ0n) is 11.9. The molecule has 2 rings (SSSR count). The van der Waals surface area contributed by atoms with Crippen LogP contribution in [0.3, 0.4) is 0 Å². The van der Waals surface area contributed by atoms with Gasteiger partial charge in [-0.25, -0.2) is 0 Å². The quantitative estimate of drug-likeness (QED) is 0.912. The van der Waals surface area contributed by atoms with Crippen LogP contribution < -0.4 is 5.32 Å². The maximum atomic E-state index is 4.47. The molecule has 0 atom stereocenters. The summed E-state index contributed by atoms with van der Waals surface area (Å²) in [5.74, 6) is 0. The Balaban J connectivity index is 2.08. The lowest BCUT2D eigenvalue weighted by Gasteiger charge is -2.05. The van der Waals surface area contributed by atoms with E-state index < -0.39 is 0 Å². The maximum Gasteiger partial charge on any atom is 0.149 e. The van der Waals surface area contributed by atoms with Crippen molar-refractivity contribution in [1.29, 1.82) is 0 Å². The highest BCUT2D eigenvalue weighted by Gasteiger charge is 2.10. The van der Waals surface area contributed by atoms with E-state index in [-0.39, 0.29) is 0 Å². The number of aromatic nitrogens is 3. The first-order valence-corrected chi connectivity index (χ1v) is 7.38. The number of hydrogen-bond donors (Lipinski definition) is 1. The van der Waals surface area contributed by atoms with E-state index in [2.05, 4.69) is 40.4 Å². The Morgan fingerprint density at radius 2 is 2.00 bits per heavy atom. The van der Waals surface area contributed by atoms with Crippen molar-refractivity contribution in [2.45, 2.75) is 40.2 Å². The topological polar surface area (TPSA) is 50.7 Å². The van der Waals surface area contributed by atoms with Crippen LogP contribution in [0.5, 0.6) is 0 Å². The molecule has 0 fully saturated rings. The van der Waals surface area contributed by atoms with Gasteiger partial charge in [-0.3, -0.25) is 4.98 Å². The van der Waals surface area contributed by atoms with Gasteiger partial charge in [0.1, 0.15) is 10.0 Å². The second kappa shape index (κ2) is 6.21. The van der Waals surface area contributed by atoms with Crippen LogP contribution in [0.25, 0.3) is 10.6 Å². The number of pyridine rings is 1. The normalized spacial score (nSPS) is 11.2. The number of aryl methyl sites for hydroxylation is 2. The third-order valence-electron chi connectivity index (χ3n) is 2.81. The van der Waals surface area contributed by atoms with Crippen LogP contribution in [0.15, 0.2) is 12.1 Å². The summed E-state index contributed by atoms with van der Waals surface area (Å²) >= 11 is 1.66. The predicted molar refractivity (Wildman–Crippen MR) is 79.5 cm³/mol. The molecule has 0 aliphatic heterocycles. The van der Waals surface area contributed by atoms with Gasteiger partial charge in [0.2, 0.25) is 0 Å². The lowest BCUT2D eigenvalue weighted by molar-refractivity contribution is 0.588. The van der Waals surface area contributed by atoms with E-state index in [1.165, 1.54) is 0 Å². The van der Waals surface area contributed by atoms with Crippen molar-refractivity contribution >= 4 is 11.3 Å². The van der Waals surface area contributed by atoms with Gasteiger partial charge in [-0.1, -0.05) is 25.2 Å². The highest BCUT2D eigenvalue weighted by atomic mass is 32.1. The minimum atomic E-state index is 0.510. The van der Waals surface area contributed by atoms with Gasteiger partial charge >= 0.3 is 0 Å². The lowest BCUT2D eigenvalue weighted by atomic mass is 10.2. The fraction of sp³-hybridized carbons (Fsp3) is 0.500. The lowest BCUT2D eigenvalue weighted by Crippen LogP contribution is -2.24. The third kappa shape index (κ3) is 3.81. The summed E-state index contributed by atoms with van der Waals surface area (Å²) in [5.41, 5.74) is 3.14. The van der Waals surface area contributed by atoms with E-state index in [4.69, 9.17) is 0 Å². The Hall–Kier alpha value is -1.33. The molecule has 2 aromatic rings. The maximum absolute atomic E-state index is 4.47. The second-order valence-electron chi connectivity index (χ2n) is 4.95. The van der Waals surface area contributed by atoms with Crippen LogP contribution in [0.1, 0.15) is 30.2 Å². The minimum Gasteiger partial charge on any atom is -0.314 e. The molecule has 0 saturated carbocycles. The van der Waals surface area contributed by atoms with Crippen LogP contribution in [0, 0.1) is 13.8 Å². The summed E-state index contributed by atoms with van der Waals surface area (Å²) < 4.78 is 0. The third-order valence-corrected chi connectivity index (χ3v) is 3.83. The van der Waals surface area contributed by atoms with Gasteiger partial charge in [-0.05, 0) is 26.0 Å². The fourth-order valence-corrected chi connectivity index (χ4v) is 2.76. The van der Waals surface area contributed by atoms with E-state index in [0.29, 0.717) is 6.04 Å². The minimum absolute atomic E-state index is 0.510. The molecule has 102 valence electrons. The summed E-state index contributed by atoms with van der Waals surface area (Å²) in [7, 11) is 0. The van der Waals surface area contributed by atoms with Crippen LogP contribution >= 0.6 is 11.3 Å². The molecular weight excluding hydrogens is 256 g/mol. The summed E-state index contributed by atoms with van der Waals surface area (Å²) in [6.45, 7) is 9.25. The summed E-state index contributed by atoms with van der Waals surface area (Å²) in [6.07, 6.45) is 0.925. The molecule has 0 aliphatic carbocycles. The van der Waals surface area contributed by atoms with Crippen molar-refractivity contribution in [3.63, 3.8) is 0 Å². The van der Waals surface area contributed by atoms with Gasteiger partial charge in [0.25, 0.3) is 0 Å². The Morgan fingerprint density at radius 1 is 1.21 bits per heavy atom. The zero-order valence-corrected chi connectivity index (χ0v) is 12.7. The average molecular weight is 276 g/mol. The monoisotopic (exact) mass is 276 g/mol. The summed E-state index contributed by atoms with van der Waals surface area (Å²) in [4.78, 5) is 4.47. The molecule has 0 saturated heterocycles. The van der Waals surface area contributed by atoms with Crippen molar-refractivity contribution in [1.82, 2.24) is 20.5 Å². The van der Waals surface area contributed by atoms with Crippen molar-refractivity contribution in [2.24, 2.45) is 0 Å². The van der Waals surface area contributed by atoms with Crippen molar-refractivity contribution < 1.29 is 0 Å². The number of nitrogens with one attached hydrogen (secondary N) is 1. The van der Waals surface area contributed by atoms with Crippen molar-refractivity contribution in [3.05, 3.63) is 28.5 Å². The molecule has 0 radical (unpaired) electrons. The molecule has 5 heteroatoms. The molecule has 0 bridgehead atoms. The number of nitrogens with zero attached hydrogens (tertiary/aromatic N) is 3. The van der Waals surface area contributed by atoms with E-state index in [1.807, 2.05) is 19.9 Å². The largest absolute Gasteiger partial charge is 0.314 e. The SMILES string of the molecule is Cc1ccc(-c2nnc(CCNC(C)C)s2)c(C)n1. The first-order valence-electron chi connectivity index (χ1n) is 6.56. The van der Waals surface area contributed by atoms with Gasteiger partial charge in [-0.15, -0.1) is 10.2 Å². The van der Waals surface area contributed by atoms with Crippen molar-refractivity contribution in [3.8, 4) is 10.6 Å². The molecule has 1 N–H and O–H groups in total. The first kappa shape index (κ1) is 14.1. The van der Waals surface area contributed by atoms with Gasteiger partial charge in [0.15, 0.2) is 0 Å². The van der Waals surface area contributed by atoms with Crippen LogP contribution in [-0.2, 0) is 6.42 Å². The Kier molecular flexibility index (Phi) is 4.61. The molecule has 0 aromatic carbocycles. The fourth-order valence-electron chi connectivity index (χ4n) is 1.84. The van der Waals surface area contributed by atoms with Gasteiger partial charge in [0.05, 0.1) is 0 Å². The van der Waals surface area contributed by atoms with E-state index in [9.17, 15) is 0 Å². The Morgan fingerprint density at radius 3 is 2.68 bits per heavy atom.